The normalized spacial score (nSPS) is 15.5. The van der Waals surface area contributed by atoms with E-state index >= 15 is 0 Å². The van der Waals surface area contributed by atoms with Gasteiger partial charge in [-0.15, -0.1) is 0 Å². The maximum absolute atomic E-state index is 13.5. The van der Waals surface area contributed by atoms with Gasteiger partial charge in [-0.05, 0) is 66.7 Å². The number of hydrogen-bond acceptors (Lipinski definition) is 4. The zero-order valence-corrected chi connectivity index (χ0v) is 16.5. The Kier molecular flexibility index (Phi) is 4.50. The molecule has 28 heavy (non-hydrogen) atoms. The summed E-state index contributed by atoms with van der Waals surface area (Å²) in [6.45, 7) is 1.86. The van der Waals surface area contributed by atoms with Crippen molar-refractivity contribution in [2.24, 2.45) is 0 Å². The van der Waals surface area contributed by atoms with Gasteiger partial charge in [0, 0.05) is 23.6 Å². The van der Waals surface area contributed by atoms with E-state index in [1.807, 2.05) is 36.0 Å². The number of aryl methyl sites for hydroxylation is 1. The van der Waals surface area contributed by atoms with Gasteiger partial charge in [0.25, 0.3) is 0 Å². The number of hydrogen-bond donors (Lipinski definition) is 1. The Hall–Kier alpha value is -3.01. The van der Waals surface area contributed by atoms with Crippen LogP contribution in [0.3, 0.4) is 0 Å². The Balaban J connectivity index is 1.90. The van der Waals surface area contributed by atoms with Crippen LogP contribution in [-0.2, 0) is 9.84 Å². The van der Waals surface area contributed by atoms with E-state index in [1.165, 1.54) is 0 Å². The number of sulfone groups is 1. The minimum atomic E-state index is -3.93. The third-order valence-electron chi connectivity index (χ3n) is 4.76. The Morgan fingerprint density at radius 3 is 2.61 bits per heavy atom. The number of nitriles is 1. The first-order chi connectivity index (χ1) is 13.4. The van der Waals surface area contributed by atoms with Crippen molar-refractivity contribution in [1.82, 2.24) is 9.88 Å². The molecule has 0 radical (unpaired) electrons. The SMILES string of the molecule is Cc1cc(S(=O)(=O)c2c(Cl)ccc3c2C(C#N)NC=C3)ccc1-n1cccc1. The molecule has 140 valence electrons. The van der Waals surface area contributed by atoms with E-state index in [1.54, 1.807) is 42.6 Å². The highest BCUT2D eigenvalue weighted by Gasteiger charge is 2.31. The van der Waals surface area contributed by atoms with Gasteiger partial charge in [0.15, 0.2) is 0 Å². The fourth-order valence-electron chi connectivity index (χ4n) is 3.42. The molecule has 4 rings (SSSR count). The number of halogens is 1. The van der Waals surface area contributed by atoms with Gasteiger partial charge in [-0.3, -0.25) is 0 Å². The van der Waals surface area contributed by atoms with Crippen molar-refractivity contribution < 1.29 is 8.42 Å². The zero-order valence-electron chi connectivity index (χ0n) is 14.9. The smallest absolute Gasteiger partial charge is 0.208 e. The first-order valence-electron chi connectivity index (χ1n) is 8.57. The summed E-state index contributed by atoms with van der Waals surface area (Å²) >= 11 is 6.33. The monoisotopic (exact) mass is 409 g/mol. The van der Waals surface area contributed by atoms with Crippen molar-refractivity contribution in [3.63, 3.8) is 0 Å². The van der Waals surface area contributed by atoms with Crippen LogP contribution in [0.5, 0.6) is 0 Å². The standard InChI is InChI=1S/C21H16ClN3O2S/c1-14-12-16(5-7-19(14)25-10-2-3-11-25)28(26,27)21-17(22)6-4-15-8-9-24-18(13-23)20(15)21/h2-12,18,24H,1H3. The van der Waals surface area contributed by atoms with Crippen LogP contribution < -0.4 is 5.32 Å². The van der Waals surface area contributed by atoms with Gasteiger partial charge in [0.2, 0.25) is 9.84 Å². The Morgan fingerprint density at radius 2 is 1.93 bits per heavy atom. The van der Waals surface area contributed by atoms with Gasteiger partial charge in [-0.25, -0.2) is 8.42 Å². The maximum atomic E-state index is 13.5. The summed E-state index contributed by atoms with van der Waals surface area (Å²) in [5.41, 5.74) is 2.75. The molecule has 0 fully saturated rings. The largest absolute Gasteiger partial charge is 0.372 e. The molecule has 3 aromatic rings. The highest BCUT2D eigenvalue weighted by molar-refractivity contribution is 7.91. The zero-order chi connectivity index (χ0) is 19.9. The molecule has 1 N–H and O–H groups in total. The molecule has 1 aliphatic rings. The summed E-state index contributed by atoms with van der Waals surface area (Å²) in [6.07, 6.45) is 7.17. The molecule has 0 spiro atoms. The third kappa shape index (κ3) is 2.89. The molecule has 2 heterocycles. The van der Waals surface area contributed by atoms with Crippen LogP contribution in [0.1, 0.15) is 22.7 Å². The third-order valence-corrected chi connectivity index (χ3v) is 7.03. The fourth-order valence-corrected chi connectivity index (χ4v) is 5.56. The molecule has 0 amide bonds. The first kappa shape index (κ1) is 18.4. The molecule has 7 heteroatoms. The predicted octanol–water partition coefficient (Wildman–Crippen LogP) is 4.41. The topological polar surface area (TPSA) is 74.9 Å². The van der Waals surface area contributed by atoms with Gasteiger partial charge in [-0.2, -0.15) is 5.26 Å². The molecule has 1 unspecified atom stereocenters. The second-order valence-corrected chi connectivity index (χ2v) is 8.78. The summed E-state index contributed by atoms with van der Waals surface area (Å²) in [5, 5.41) is 12.5. The Labute approximate surface area is 168 Å². The molecule has 0 bridgehead atoms. The van der Waals surface area contributed by atoms with Crippen molar-refractivity contribution in [3.05, 3.63) is 82.8 Å². The Morgan fingerprint density at radius 1 is 1.18 bits per heavy atom. The van der Waals surface area contributed by atoms with Crippen LogP contribution in [0.4, 0.5) is 0 Å². The minimum absolute atomic E-state index is 0.0248. The van der Waals surface area contributed by atoms with Gasteiger partial charge in [-0.1, -0.05) is 17.7 Å². The molecule has 1 aromatic heterocycles. The van der Waals surface area contributed by atoms with Crippen molar-refractivity contribution in [2.45, 2.75) is 22.8 Å². The quantitative estimate of drug-likeness (QED) is 0.695. The van der Waals surface area contributed by atoms with Crippen LogP contribution in [0.15, 0.2) is 70.8 Å². The Bertz CT molecular complexity index is 1240. The van der Waals surface area contributed by atoms with E-state index in [9.17, 15) is 13.7 Å². The van der Waals surface area contributed by atoms with Crippen molar-refractivity contribution >= 4 is 27.5 Å². The first-order valence-corrected chi connectivity index (χ1v) is 10.4. The van der Waals surface area contributed by atoms with Gasteiger partial charge in [0.1, 0.15) is 6.04 Å². The van der Waals surface area contributed by atoms with Gasteiger partial charge >= 0.3 is 0 Å². The van der Waals surface area contributed by atoms with Crippen LogP contribution in [0.25, 0.3) is 11.8 Å². The van der Waals surface area contributed by atoms with Crippen molar-refractivity contribution in [1.29, 1.82) is 5.26 Å². The van der Waals surface area contributed by atoms with E-state index in [0.29, 0.717) is 11.1 Å². The van der Waals surface area contributed by atoms with Gasteiger partial charge in [0.05, 0.1) is 20.9 Å². The van der Waals surface area contributed by atoms with Gasteiger partial charge < -0.3 is 9.88 Å². The molecular formula is C21H16ClN3O2S. The highest BCUT2D eigenvalue weighted by atomic mass is 35.5. The minimum Gasteiger partial charge on any atom is -0.372 e. The van der Waals surface area contributed by atoms with E-state index in [-0.39, 0.29) is 14.8 Å². The maximum Gasteiger partial charge on any atom is 0.208 e. The van der Waals surface area contributed by atoms with Crippen LogP contribution in [0.2, 0.25) is 5.02 Å². The van der Waals surface area contributed by atoms with Crippen LogP contribution >= 0.6 is 11.6 Å². The summed E-state index contributed by atoms with van der Waals surface area (Å²) < 4.78 is 28.9. The molecule has 5 nitrogen and oxygen atoms in total. The number of fused-ring (bicyclic) bond motifs is 1. The lowest BCUT2D eigenvalue weighted by molar-refractivity contribution is 0.592. The summed E-state index contributed by atoms with van der Waals surface area (Å²) in [7, 11) is -3.93. The molecule has 0 saturated carbocycles. The average molecular weight is 410 g/mol. The number of benzene rings is 2. The lowest BCUT2D eigenvalue weighted by Gasteiger charge is -2.22. The van der Waals surface area contributed by atoms with E-state index in [0.717, 1.165) is 11.3 Å². The van der Waals surface area contributed by atoms with Crippen LogP contribution in [-0.4, -0.2) is 13.0 Å². The molecular weight excluding hydrogens is 394 g/mol. The summed E-state index contributed by atoms with van der Waals surface area (Å²) in [5.74, 6) is 0. The number of nitrogens with zero attached hydrogens (tertiary/aromatic N) is 2. The van der Waals surface area contributed by atoms with E-state index in [4.69, 9.17) is 11.6 Å². The second-order valence-electron chi connectivity index (χ2n) is 6.48. The lowest BCUT2D eigenvalue weighted by atomic mass is 9.98. The number of aromatic nitrogens is 1. The highest BCUT2D eigenvalue weighted by Crippen LogP contribution is 2.38. The number of rotatable bonds is 3. The average Bonchev–Trinajstić information content (AvgIpc) is 3.21. The second kappa shape index (κ2) is 6.86. The summed E-state index contributed by atoms with van der Waals surface area (Å²) in [4.78, 5) is 0.116. The number of nitrogens with one attached hydrogen (secondary N) is 1. The molecule has 1 aliphatic heterocycles. The van der Waals surface area contributed by atoms with Crippen LogP contribution in [0, 0.1) is 18.3 Å². The fraction of sp³-hybridized carbons (Fsp3) is 0.0952. The lowest BCUT2D eigenvalue weighted by Crippen LogP contribution is -2.21. The molecule has 2 aromatic carbocycles. The van der Waals surface area contributed by atoms with Crippen molar-refractivity contribution in [3.8, 4) is 11.8 Å². The molecule has 0 saturated heterocycles. The van der Waals surface area contributed by atoms with Crippen molar-refractivity contribution in [2.75, 3.05) is 0 Å². The summed E-state index contributed by atoms with van der Waals surface area (Å²) in [6, 6.07) is 13.4. The molecule has 0 aliphatic carbocycles. The van der Waals surface area contributed by atoms with E-state index in [2.05, 4.69) is 11.4 Å². The molecule has 1 atom stereocenters. The van der Waals surface area contributed by atoms with E-state index < -0.39 is 15.9 Å². The predicted molar refractivity (Wildman–Crippen MR) is 108 cm³/mol.